The molecule has 0 unspecified atom stereocenters. The van der Waals surface area contributed by atoms with Gasteiger partial charge in [0.25, 0.3) is 10.0 Å². The largest absolute Gasteiger partial charge is 0.497 e. The number of carbonyl (C=O) groups excluding carboxylic acids is 1. The summed E-state index contributed by atoms with van der Waals surface area (Å²) < 4.78 is 47.2. The molecule has 1 atom stereocenters. The summed E-state index contributed by atoms with van der Waals surface area (Å²) in [4.78, 5) is 25.8. The molecule has 0 radical (unpaired) electrons. The second kappa shape index (κ2) is 10.8. The van der Waals surface area contributed by atoms with Crippen LogP contribution in [0.15, 0.2) is 60.3 Å². The number of nitrogens with zero attached hydrogens (tertiary/aromatic N) is 5. The van der Waals surface area contributed by atoms with E-state index in [-0.39, 0.29) is 35.0 Å². The van der Waals surface area contributed by atoms with E-state index >= 15 is 0 Å². The molecule has 0 spiro atoms. The smallest absolute Gasteiger partial charge is 0.349 e. The number of hydroxylamine groups is 2. The first-order chi connectivity index (χ1) is 20.3. The zero-order valence-electron chi connectivity index (χ0n) is 22.5. The quantitative estimate of drug-likeness (QED) is 0.287. The maximum absolute atomic E-state index is 13.1. The number of nitrogens with two attached hydrogens (primary N) is 1. The van der Waals surface area contributed by atoms with Gasteiger partial charge in [-0.1, -0.05) is 6.58 Å². The molecule has 2 aliphatic rings. The predicted molar refractivity (Wildman–Crippen MR) is 151 cm³/mol. The minimum Gasteiger partial charge on any atom is -0.497 e. The summed E-state index contributed by atoms with van der Waals surface area (Å²) in [6.45, 7) is 4.28. The number of benzene rings is 2. The Morgan fingerprint density at radius 2 is 1.95 bits per heavy atom. The molecule has 3 N–H and O–H groups in total. The van der Waals surface area contributed by atoms with Gasteiger partial charge in [-0.15, -0.1) is 5.06 Å². The first-order valence-electron chi connectivity index (χ1n) is 13.0. The molecule has 0 saturated carbocycles. The van der Waals surface area contributed by atoms with E-state index in [0.717, 1.165) is 18.9 Å². The van der Waals surface area contributed by atoms with Gasteiger partial charge >= 0.3 is 5.97 Å². The third kappa shape index (κ3) is 4.92. The van der Waals surface area contributed by atoms with Gasteiger partial charge in [0.2, 0.25) is 6.79 Å². The number of hydrogen-bond acceptors (Lipinski definition) is 12. The number of hydrogen-bond donors (Lipinski definition) is 2. The van der Waals surface area contributed by atoms with Gasteiger partial charge in [0.15, 0.2) is 17.1 Å². The summed E-state index contributed by atoms with van der Waals surface area (Å²) in [5.41, 5.74) is 7.98. The van der Waals surface area contributed by atoms with E-state index in [1.54, 1.807) is 34.0 Å². The molecule has 2 aromatic heterocycles. The van der Waals surface area contributed by atoms with Crippen LogP contribution in [0.25, 0.3) is 22.3 Å². The van der Waals surface area contributed by atoms with Crippen LogP contribution in [0.4, 0.5) is 11.5 Å². The Kier molecular flexibility index (Phi) is 7.04. The third-order valence-corrected chi connectivity index (χ3v) is 8.38. The second-order valence-corrected chi connectivity index (χ2v) is 11.2. The number of fused-ring (bicyclic) bond motifs is 2. The first kappa shape index (κ1) is 27.3. The normalized spacial score (nSPS) is 16.7. The lowest BCUT2D eigenvalue weighted by molar-refractivity contribution is -0.191. The highest BCUT2D eigenvalue weighted by molar-refractivity contribution is 7.92. The number of piperidine rings is 1. The highest BCUT2D eigenvalue weighted by Gasteiger charge is 2.32. The summed E-state index contributed by atoms with van der Waals surface area (Å²) in [6, 6.07) is 9.07. The molecule has 1 saturated heterocycles. The van der Waals surface area contributed by atoms with Crippen LogP contribution in [0.1, 0.15) is 18.9 Å². The maximum atomic E-state index is 13.1. The molecule has 0 bridgehead atoms. The van der Waals surface area contributed by atoms with Crippen LogP contribution in [0.5, 0.6) is 17.2 Å². The van der Waals surface area contributed by atoms with E-state index in [0.29, 0.717) is 46.9 Å². The van der Waals surface area contributed by atoms with Gasteiger partial charge in [-0.2, -0.15) is 5.10 Å². The maximum Gasteiger partial charge on any atom is 0.349 e. The molecule has 15 heteroatoms. The highest BCUT2D eigenvalue weighted by Crippen LogP contribution is 2.48. The fourth-order valence-corrected chi connectivity index (χ4v) is 6.09. The van der Waals surface area contributed by atoms with Gasteiger partial charge in [0.05, 0.1) is 35.7 Å². The lowest BCUT2D eigenvalue weighted by Gasteiger charge is -2.31. The van der Waals surface area contributed by atoms with Crippen molar-refractivity contribution in [1.82, 2.24) is 24.8 Å². The van der Waals surface area contributed by atoms with Crippen LogP contribution in [0.3, 0.4) is 0 Å². The van der Waals surface area contributed by atoms with Gasteiger partial charge in [0, 0.05) is 18.2 Å². The number of ether oxygens (including phenoxy) is 3. The number of methoxy groups -OCH3 is 1. The zero-order valence-corrected chi connectivity index (χ0v) is 23.3. The van der Waals surface area contributed by atoms with E-state index in [1.807, 2.05) is 0 Å². The standard InChI is InChI=1S/C27H27N7O7S/c1-3-21(35)41-33-12-4-5-16(13-33)34-27-22(26(28)29-14-30-27)23(31-34)19-10-11-20(25-24(19)39-15-40-25)32-42(36,37)18-8-6-17(38-2)7-9-18/h3,6-11,14,16,32H,1,4-5,12-13,15H2,2H3,(H2,28,29,30)/t16-/m1/s1. The van der Waals surface area contributed by atoms with E-state index in [2.05, 4.69) is 21.3 Å². The average Bonchev–Trinajstić information content (AvgIpc) is 3.64. The fourth-order valence-electron chi connectivity index (χ4n) is 5.03. The van der Waals surface area contributed by atoms with Crippen molar-refractivity contribution in [2.75, 3.05) is 37.4 Å². The van der Waals surface area contributed by atoms with Crippen molar-refractivity contribution in [3.63, 3.8) is 0 Å². The molecule has 14 nitrogen and oxygen atoms in total. The van der Waals surface area contributed by atoms with Crippen molar-refractivity contribution in [2.45, 2.75) is 23.8 Å². The molecule has 42 heavy (non-hydrogen) atoms. The Morgan fingerprint density at radius 3 is 2.71 bits per heavy atom. The Balaban J connectivity index is 1.38. The van der Waals surface area contributed by atoms with Gasteiger partial charge in [-0.25, -0.2) is 27.9 Å². The third-order valence-electron chi connectivity index (χ3n) is 7.00. The van der Waals surface area contributed by atoms with E-state index in [1.165, 1.54) is 25.6 Å². The molecule has 1 fully saturated rings. The molecule has 0 amide bonds. The zero-order chi connectivity index (χ0) is 29.4. The number of carbonyl (C=O) groups is 1. The van der Waals surface area contributed by atoms with Crippen LogP contribution in [-0.4, -0.2) is 66.2 Å². The average molecular weight is 594 g/mol. The molecular formula is C27H27N7O7S. The first-order valence-corrected chi connectivity index (χ1v) is 14.4. The molecule has 6 rings (SSSR count). The van der Waals surface area contributed by atoms with E-state index in [4.69, 9.17) is 29.9 Å². The minimum absolute atomic E-state index is 0.0509. The lowest BCUT2D eigenvalue weighted by Crippen LogP contribution is -2.38. The summed E-state index contributed by atoms with van der Waals surface area (Å²) in [5, 5.41) is 6.96. The monoisotopic (exact) mass is 593 g/mol. The Hall–Kier alpha value is -4.89. The van der Waals surface area contributed by atoms with Crippen molar-refractivity contribution in [1.29, 1.82) is 0 Å². The van der Waals surface area contributed by atoms with Gasteiger partial charge in [0.1, 0.15) is 23.6 Å². The number of sulfonamides is 1. The van der Waals surface area contributed by atoms with Crippen molar-refractivity contribution in [3.05, 3.63) is 55.4 Å². The lowest BCUT2D eigenvalue weighted by atomic mass is 10.1. The van der Waals surface area contributed by atoms with Gasteiger partial charge in [-0.05, 0) is 49.2 Å². The Labute approximate surface area is 240 Å². The number of aromatic nitrogens is 4. The number of rotatable bonds is 8. The fraction of sp³-hybridized carbons (Fsp3) is 0.259. The van der Waals surface area contributed by atoms with Crippen LogP contribution in [0.2, 0.25) is 0 Å². The predicted octanol–water partition coefficient (Wildman–Crippen LogP) is 2.89. The second-order valence-electron chi connectivity index (χ2n) is 9.56. The van der Waals surface area contributed by atoms with Crippen molar-refractivity contribution >= 4 is 38.5 Å². The number of nitrogens with one attached hydrogen (secondary N) is 1. The Morgan fingerprint density at radius 1 is 1.17 bits per heavy atom. The highest BCUT2D eigenvalue weighted by atomic mass is 32.2. The van der Waals surface area contributed by atoms with E-state index in [9.17, 15) is 13.2 Å². The van der Waals surface area contributed by atoms with Gasteiger partial charge in [-0.3, -0.25) is 4.72 Å². The van der Waals surface area contributed by atoms with Gasteiger partial charge < -0.3 is 24.8 Å². The van der Waals surface area contributed by atoms with Crippen molar-refractivity contribution in [2.24, 2.45) is 0 Å². The SMILES string of the molecule is C=CC(=O)ON1CCC[C@@H](n2nc(-c3ccc(NS(=O)(=O)c4ccc(OC)cc4)c4c3OCO4)c3c(N)ncnc32)C1. The molecule has 0 aliphatic carbocycles. The summed E-state index contributed by atoms with van der Waals surface area (Å²) in [7, 11) is -2.45. The molecular weight excluding hydrogens is 566 g/mol. The Bertz CT molecular complexity index is 1790. The van der Waals surface area contributed by atoms with Crippen molar-refractivity contribution < 1.29 is 32.3 Å². The van der Waals surface area contributed by atoms with Crippen LogP contribution < -0.4 is 24.7 Å². The topological polar surface area (TPSA) is 173 Å². The number of nitrogen functional groups attached to an aromatic ring is 1. The van der Waals surface area contributed by atoms with E-state index < -0.39 is 16.0 Å². The summed E-state index contributed by atoms with van der Waals surface area (Å²) >= 11 is 0. The number of anilines is 2. The van der Waals surface area contributed by atoms with Crippen LogP contribution in [0, 0.1) is 0 Å². The summed E-state index contributed by atoms with van der Waals surface area (Å²) in [6.07, 6.45) is 3.98. The molecule has 4 aromatic rings. The molecule has 218 valence electrons. The molecule has 4 heterocycles. The minimum atomic E-state index is -3.95. The van der Waals surface area contributed by atoms with Crippen molar-refractivity contribution in [3.8, 4) is 28.5 Å². The summed E-state index contributed by atoms with van der Waals surface area (Å²) in [5.74, 6) is 0.713. The van der Waals surface area contributed by atoms with Crippen LogP contribution in [-0.2, 0) is 19.7 Å². The molecule has 2 aromatic carbocycles. The van der Waals surface area contributed by atoms with Crippen LogP contribution >= 0.6 is 0 Å². The molecule has 2 aliphatic heterocycles.